The van der Waals surface area contributed by atoms with Crippen molar-refractivity contribution >= 4 is 27.0 Å². The van der Waals surface area contributed by atoms with E-state index in [9.17, 15) is 13.2 Å². The number of nitrogens with one attached hydrogen (secondary N) is 1. The Bertz CT molecular complexity index is 1380. The van der Waals surface area contributed by atoms with Gasteiger partial charge in [-0.25, -0.2) is 17.7 Å². The van der Waals surface area contributed by atoms with E-state index in [4.69, 9.17) is 0 Å². The minimum Gasteiger partial charge on any atom is -0.355 e. The van der Waals surface area contributed by atoms with Crippen LogP contribution in [-0.4, -0.2) is 48.8 Å². The zero-order valence-electron chi connectivity index (χ0n) is 20.2. The van der Waals surface area contributed by atoms with Gasteiger partial charge in [0.2, 0.25) is 15.9 Å². The van der Waals surface area contributed by atoms with Crippen molar-refractivity contribution in [2.45, 2.75) is 23.7 Å². The first-order chi connectivity index (χ1) is 16.8. The Balaban J connectivity index is 1.44. The highest BCUT2D eigenvalue weighted by atomic mass is 32.2. The van der Waals surface area contributed by atoms with Gasteiger partial charge in [-0.05, 0) is 29.3 Å². The van der Waals surface area contributed by atoms with Crippen LogP contribution < -0.4 is 5.32 Å². The lowest BCUT2D eigenvalue weighted by atomic mass is 9.91. The number of amides is 1. The molecule has 1 amide bonds. The maximum absolute atomic E-state index is 12.7. The standard InChI is InChI=1S/C27H30N4O3S/c1-30(2)35(33,34)22-14-15-25-24(18-22)29-26(31(25)3)16-17-27(32)28-19-23(20-10-6-4-7-11-20)21-12-8-5-9-13-21/h4-15,18,23H,16-17,19H2,1-3H3,(H,28,32). The number of rotatable bonds is 9. The minimum atomic E-state index is -3.54. The van der Waals surface area contributed by atoms with Crippen molar-refractivity contribution < 1.29 is 13.2 Å². The van der Waals surface area contributed by atoms with Gasteiger partial charge in [0.15, 0.2) is 0 Å². The molecule has 4 rings (SSSR count). The lowest BCUT2D eigenvalue weighted by Gasteiger charge is -2.19. The summed E-state index contributed by atoms with van der Waals surface area (Å²) in [6.07, 6.45) is 0.741. The first-order valence-corrected chi connectivity index (χ1v) is 13.0. The highest BCUT2D eigenvalue weighted by Gasteiger charge is 2.20. The molecule has 3 aromatic carbocycles. The zero-order valence-corrected chi connectivity index (χ0v) is 21.0. The van der Waals surface area contributed by atoms with Gasteiger partial charge in [0.05, 0.1) is 15.9 Å². The van der Waals surface area contributed by atoms with Crippen molar-refractivity contribution in [3.8, 4) is 0 Å². The highest BCUT2D eigenvalue weighted by molar-refractivity contribution is 7.89. The van der Waals surface area contributed by atoms with Crippen LogP contribution in [-0.2, 0) is 28.3 Å². The summed E-state index contributed by atoms with van der Waals surface area (Å²) in [5.74, 6) is 0.746. The molecule has 0 atom stereocenters. The molecule has 35 heavy (non-hydrogen) atoms. The van der Waals surface area contributed by atoms with Gasteiger partial charge in [-0.1, -0.05) is 60.7 Å². The number of aromatic nitrogens is 2. The van der Waals surface area contributed by atoms with Gasteiger partial charge >= 0.3 is 0 Å². The molecule has 1 heterocycles. The van der Waals surface area contributed by atoms with E-state index in [0.29, 0.717) is 18.5 Å². The van der Waals surface area contributed by atoms with Crippen LogP contribution in [0.15, 0.2) is 83.8 Å². The number of aryl methyl sites for hydroxylation is 2. The number of carbonyl (C=O) groups excluding carboxylic acids is 1. The summed E-state index contributed by atoms with van der Waals surface area (Å²) in [4.78, 5) is 17.5. The number of sulfonamides is 1. The predicted octanol–water partition coefficient (Wildman–Crippen LogP) is 3.70. The van der Waals surface area contributed by atoms with Crippen molar-refractivity contribution in [1.29, 1.82) is 0 Å². The third-order valence-electron chi connectivity index (χ3n) is 6.21. The molecule has 0 unspecified atom stereocenters. The summed E-state index contributed by atoms with van der Waals surface area (Å²) in [5.41, 5.74) is 3.72. The van der Waals surface area contributed by atoms with E-state index in [2.05, 4.69) is 34.6 Å². The Morgan fingerprint density at radius 1 is 0.971 bits per heavy atom. The Morgan fingerprint density at radius 2 is 1.57 bits per heavy atom. The van der Waals surface area contributed by atoms with Crippen LogP contribution in [0.5, 0.6) is 0 Å². The van der Waals surface area contributed by atoms with Crippen LogP contribution in [0, 0.1) is 0 Å². The van der Waals surface area contributed by atoms with Crippen molar-refractivity contribution in [2.24, 2.45) is 7.05 Å². The average molecular weight is 491 g/mol. The van der Waals surface area contributed by atoms with E-state index < -0.39 is 10.0 Å². The van der Waals surface area contributed by atoms with Crippen LogP contribution in [0.3, 0.4) is 0 Å². The van der Waals surface area contributed by atoms with Crippen molar-refractivity contribution in [3.63, 3.8) is 0 Å². The molecule has 8 heteroatoms. The second kappa shape index (κ2) is 10.4. The molecular formula is C27H30N4O3S. The zero-order chi connectivity index (χ0) is 25.0. The summed E-state index contributed by atoms with van der Waals surface area (Å²) < 4.78 is 28.0. The average Bonchev–Trinajstić information content (AvgIpc) is 3.19. The fraction of sp³-hybridized carbons (Fsp3) is 0.259. The van der Waals surface area contributed by atoms with E-state index in [0.717, 1.165) is 22.5 Å². The number of hydrogen-bond acceptors (Lipinski definition) is 4. The van der Waals surface area contributed by atoms with Crippen LogP contribution in [0.4, 0.5) is 0 Å². The third kappa shape index (κ3) is 5.44. The second-order valence-electron chi connectivity index (χ2n) is 8.70. The number of benzene rings is 3. The van der Waals surface area contributed by atoms with Gasteiger partial charge in [-0.3, -0.25) is 4.79 Å². The Morgan fingerprint density at radius 3 is 2.14 bits per heavy atom. The Hall–Kier alpha value is -3.49. The van der Waals surface area contributed by atoms with Gasteiger partial charge in [0.25, 0.3) is 0 Å². The molecular weight excluding hydrogens is 460 g/mol. The van der Waals surface area contributed by atoms with Gasteiger partial charge in [0, 0.05) is 46.4 Å². The van der Waals surface area contributed by atoms with E-state index >= 15 is 0 Å². The molecule has 7 nitrogen and oxygen atoms in total. The molecule has 0 aliphatic carbocycles. The lowest BCUT2D eigenvalue weighted by molar-refractivity contribution is -0.121. The van der Waals surface area contributed by atoms with Crippen molar-refractivity contribution in [3.05, 3.63) is 95.8 Å². The quantitative estimate of drug-likeness (QED) is 0.388. The van der Waals surface area contributed by atoms with Crippen molar-refractivity contribution in [2.75, 3.05) is 20.6 Å². The van der Waals surface area contributed by atoms with Gasteiger partial charge in [0.1, 0.15) is 5.82 Å². The first kappa shape index (κ1) is 24.6. The molecule has 1 aromatic heterocycles. The number of imidazole rings is 1. The molecule has 0 saturated heterocycles. The van der Waals surface area contributed by atoms with E-state index in [1.165, 1.54) is 18.4 Å². The monoisotopic (exact) mass is 490 g/mol. The maximum atomic E-state index is 12.7. The second-order valence-corrected chi connectivity index (χ2v) is 10.9. The minimum absolute atomic E-state index is 0.0511. The molecule has 0 spiro atoms. The van der Waals surface area contributed by atoms with Crippen LogP contribution in [0.2, 0.25) is 0 Å². The number of fused-ring (bicyclic) bond motifs is 1. The lowest BCUT2D eigenvalue weighted by Crippen LogP contribution is -2.29. The molecule has 182 valence electrons. The molecule has 0 aliphatic rings. The first-order valence-electron chi connectivity index (χ1n) is 11.5. The SMILES string of the molecule is CN(C)S(=O)(=O)c1ccc2c(c1)nc(CCC(=O)NCC(c1ccccc1)c1ccccc1)n2C. The van der Waals surface area contributed by atoms with Gasteiger partial charge < -0.3 is 9.88 Å². The topological polar surface area (TPSA) is 84.3 Å². The molecule has 0 saturated carbocycles. The van der Waals surface area contributed by atoms with Crippen LogP contribution in [0.25, 0.3) is 11.0 Å². The fourth-order valence-corrected chi connectivity index (χ4v) is 5.08. The van der Waals surface area contributed by atoms with Crippen LogP contribution in [0.1, 0.15) is 29.3 Å². The molecule has 1 N–H and O–H groups in total. The Labute approximate surface area is 206 Å². The highest BCUT2D eigenvalue weighted by Crippen LogP contribution is 2.24. The van der Waals surface area contributed by atoms with E-state index in [1.54, 1.807) is 18.2 Å². The summed E-state index contributed by atoms with van der Waals surface area (Å²) in [6, 6.07) is 25.2. The molecule has 4 aromatic rings. The summed E-state index contributed by atoms with van der Waals surface area (Å²) in [5, 5.41) is 3.08. The maximum Gasteiger partial charge on any atom is 0.242 e. The van der Waals surface area contributed by atoms with Crippen molar-refractivity contribution in [1.82, 2.24) is 19.2 Å². The molecule has 0 bridgehead atoms. The van der Waals surface area contributed by atoms with Gasteiger partial charge in [-0.15, -0.1) is 0 Å². The normalized spacial score (nSPS) is 11.9. The summed E-state index contributed by atoms with van der Waals surface area (Å²) >= 11 is 0. The smallest absolute Gasteiger partial charge is 0.242 e. The summed E-state index contributed by atoms with van der Waals surface area (Å²) in [6.45, 7) is 0.501. The predicted molar refractivity (Wildman–Crippen MR) is 138 cm³/mol. The summed E-state index contributed by atoms with van der Waals surface area (Å²) in [7, 11) is 1.34. The van der Waals surface area contributed by atoms with E-state index in [-0.39, 0.29) is 23.1 Å². The van der Waals surface area contributed by atoms with Crippen LogP contribution >= 0.6 is 0 Å². The van der Waals surface area contributed by atoms with Gasteiger partial charge in [-0.2, -0.15) is 0 Å². The third-order valence-corrected chi connectivity index (χ3v) is 8.02. The Kier molecular flexibility index (Phi) is 7.33. The van der Waals surface area contributed by atoms with E-state index in [1.807, 2.05) is 48.0 Å². The molecule has 0 radical (unpaired) electrons. The fourth-order valence-electron chi connectivity index (χ4n) is 4.15. The molecule has 0 fully saturated rings. The molecule has 0 aliphatic heterocycles. The number of nitrogens with zero attached hydrogens (tertiary/aromatic N) is 3. The number of carbonyl (C=O) groups is 1. The number of hydrogen-bond donors (Lipinski definition) is 1. The largest absolute Gasteiger partial charge is 0.355 e.